The Morgan fingerprint density at radius 3 is 2.35 bits per heavy atom. The topological polar surface area (TPSA) is 83.9 Å². The molecule has 8 heteroatoms. The molecule has 1 unspecified atom stereocenters. The zero-order valence-electron chi connectivity index (χ0n) is 23.3. The van der Waals surface area contributed by atoms with Gasteiger partial charge in [0.05, 0.1) is 17.4 Å². The van der Waals surface area contributed by atoms with Gasteiger partial charge in [-0.25, -0.2) is 8.42 Å². The quantitative estimate of drug-likeness (QED) is 0.384. The summed E-state index contributed by atoms with van der Waals surface area (Å²) < 4.78 is 30.2. The average molecular weight is 546 g/mol. The van der Waals surface area contributed by atoms with Crippen molar-refractivity contribution in [2.75, 3.05) is 13.3 Å². The smallest absolute Gasteiger partial charge is 0.227 e. The van der Waals surface area contributed by atoms with E-state index in [4.69, 9.17) is 4.43 Å². The van der Waals surface area contributed by atoms with Gasteiger partial charge in [0.15, 0.2) is 18.2 Å². The van der Waals surface area contributed by atoms with Crippen LogP contribution in [-0.4, -0.2) is 52.1 Å². The molecule has 1 amide bonds. The van der Waals surface area contributed by atoms with Crippen molar-refractivity contribution in [3.8, 4) is 5.75 Å². The Bertz CT molecular complexity index is 1190. The number of carbonyl (C=O) groups excluding carboxylic acids is 1. The van der Waals surface area contributed by atoms with Crippen molar-refractivity contribution in [3.63, 3.8) is 0 Å². The molecule has 2 aromatic carbocycles. The van der Waals surface area contributed by atoms with Gasteiger partial charge in [-0.05, 0) is 85.1 Å². The Kier molecular flexibility index (Phi) is 8.97. The summed E-state index contributed by atoms with van der Waals surface area (Å²) in [5, 5.41) is 10.3. The van der Waals surface area contributed by atoms with E-state index in [1.165, 1.54) is 6.26 Å². The van der Waals surface area contributed by atoms with Crippen LogP contribution in [0.25, 0.3) is 0 Å². The number of phenolic OH excluding ortho intramolecular Hbond substituents is 1. The van der Waals surface area contributed by atoms with Gasteiger partial charge in [-0.3, -0.25) is 4.79 Å². The predicted molar refractivity (Wildman–Crippen MR) is 151 cm³/mol. The Hall–Kier alpha value is -2.16. The van der Waals surface area contributed by atoms with E-state index in [-0.39, 0.29) is 40.2 Å². The molecule has 0 aliphatic heterocycles. The van der Waals surface area contributed by atoms with Crippen molar-refractivity contribution in [1.29, 1.82) is 0 Å². The molecule has 1 saturated carbocycles. The fourth-order valence-electron chi connectivity index (χ4n) is 4.84. The van der Waals surface area contributed by atoms with Crippen LogP contribution in [0.2, 0.25) is 18.1 Å². The number of sulfone groups is 1. The summed E-state index contributed by atoms with van der Waals surface area (Å²) in [6.45, 7) is 11.4. The highest BCUT2D eigenvalue weighted by molar-refractivity contribution is 7.90. The highest BCUT2D eigenvalue weighted by Crippen LogP contribution is 2.42. The summed E-state index contributed by atoms with van der Waals surface area (Å²) in [6.07, 6.45) is 5.48. The molecule has 1 aliphatic carbocycles. The van der Waals surface area contributed by atoms with E-state index in [1.807, 2.05) is 19.2 Å². The molecule has 2 aromatic rings. The van der Waals surface area contributed by atoms with Gasteiger partial charge < -0.3 is 14.4 Å². The van der Waals surface area contributed by atoms with E-state index in [1.54, 1.807) is 41.3 Å². The number of benzene rings is 2. The molecule has 0 radical (unpaired) electrons. The van der Waals surface area contributed by atoms with E-state index in [2.05, 4.69) is 33.9 Å². The van der Waals surface area contributed by atoms with Gasteiger partial charge in [0, 0.05) is 19.4 Å². The first-order valence-electron chi connectivity index (χ1n) is 13.1. The van der Waals surface area contributed by atoms with E-state index >= 15 is 0 Å². The van der Waals surface area contributed by atoms with Crippen molar-refractivity contribution < 1.29 is 22.7 Å². The fourth-order valence-corrected chi connectivity index (χ4v) is 6.87. The second-order valence-corrected chi connectivity index (χ2v) is 18.9. The van der Waals surface area contributed by atoms with Crippen LogP contribution in [0.15, 0.2) is 53.4 Å². The summed E-state index contributed by atoms with van der Waals surface area (Å²) in [5.74, 6) is 0.559. The number of hydrogen-bond donors (Lipinski definition) is 1. The number of aromatic hydroxyl groups is 1. The minimum atomic E-state index is -3.28. The third kappa shape index (κ3) is 7.68. The monoisotopic (exact) mass is 545 g/mol. The minimum absolute atomic E-state index is 0.0486. The SMILES string of the molecule is CN(C(=O)Cc1ccc(S(C)(=O)=O)cc1)[C@@H](CC1CC[C@@H](O[Si](C)(C)C(C)(C)C)C1)c1cccc(O)c1. The summed E-state index contributed by atoms with van der Waals surface area (Å²) >= 11 is 0. The van der Waals surface area contributed by atoms with Gasteiger partial charge in [-0.15, -0.1) is 0 Å². The maximum Gasteiger partial charge on any atom is 0.227 e. The molecular formula is C29H43NO5SSi. The molecule has 6 nitrogen and oxygen atoms in total. The third-order valence-electron chi connectivity index (χ3n) is 8.14. The summed E-state index contributed by atoms with van der Waals surface area (Å²) in [4.78, 5) is 15.4. The van der Waals surface area contributed by atoms with Crippen LogP contribution in [0.3, 0.4) is 0 Å². The lowest BCUT2D eigenvalue weighted by molar-refractivity contribution is -0.131. The minimum Gasteiger partial charge on any atom is -0.508 e. The van der Waals surface area contributed by atoms with E-state index in [0.29, 0.717) is 5.92 Å². The number of nitrogens with zero attached hydrogens (tertiary/aromatic N) is 1. The first-order valence-corrected chi connectivity index (χ1v) is 17.9. The number of phenols is 1. The van der Waals surface area contributed by atoms with Crippen LogP contribution in [0, 0.1) is 5.92 Å². The molecule has 1 N–H and O–H groups in total. The van der Waals surface area contributed by atoms with Gasteiger partial charge in [0.25, 0.3) is 0 Å². The predicted octanol–water partition coefficient (Wildman–Crippen LogP) is 6.12. The zero-order chi connectivity index (χ0) is 27.6. The number of hydrogen-bond acceptors (Lipinski definition) is 5. The zero-order valence-corrected chi connectivity index (χ0v) is 25.1. The van der Waals surface area contributed by atoms with E-state index in [9.17, 15) is 18.3 Å². The molecule has 204 valence electrons. The van der Waals surface area contributed by atoms with Crippen molar-refractivity contribution in [2.45, 2.75) is 88.0 Å². The summed E-state index contributed by atoms with van der Waals surface area (Å²) in [5.41, 5.74) is 1.68. The molecule has 3 rings (SSSR count). The van der Waals surface area contributed by atoms with Crippen molar-refractivity contribution in [3.05, 3.63) is 59.7 Å². The molecule has 0 heterocycles. The first kappa shape index (κ1) is 29.4. The lowest BCUT2D eigenvalue weighted by atomic mass is 9.92. The number of rotatable bonds is 9. The maximum atomic E-state index is 13.4. The second kappa shape index (κ2) is 11.3. The molecule has 3 atom stereocenters. The lowest BCUT2D eigenvalue weighted by Crippen LogP contribution is -2.43. The molecule has 0 spiro atoms. The Balaban J connectivity index is 1.74. The van der Waals surface area contributed by atoms with Gasteiger partial charge in [0.2, 0.25) is 5.91 Å². The number of carbonyl (C=O) groups is 1. The average Bonchev–Trinajstić information content (AvgIpc) is 3.22. The Morgan fingerprint density at radius 2 is 1.78 bits per heavy atom. The highest BCUT2D eigenvalue weighted by atomic mass is 32.2. The second-order valence-electron chi connectivity index (χ2n) is 12.1. The number of likely N-dealkylation sites (N-methyl/N-ethyl adjacent to an activating group) is 1. The lowest BCUT2D eigenvalue weighted by Gasteiger charge is -2.38. The largest absolute Gasteiger partial charge is 0.508 e. The summed E-state index contributed by atoms with van der Waals surface area (Å²) in [6, 6.07) is 13.5. The molecule has 0 aromatic heterocycles. The number of amides is 1. The van der Waals surface area contributed by atoms with Crippen molar-refractivity contribution in [1.82, 2.24) is 4.90 Å². The first-order chi connectivity index (χ1) is 17.1. The van der Waals surface area contributed by atoms with Crippen LogP contribution in [0.1, 0.15) is 63.6 Å². The van der Waals surface area contributed by atoms with Crippen LogP contribution < -0.4 is 0 Å². The molecule has 1 aliphatic rings. The van der Waals surface area contributed by atoms with Gasteiger partial charge in [-0.2, -0.15) is 0 Å². The third-order valence-corrected chi connectivity index (χ3v) is 13.8. The molecule has 37 heavy (non-hydrogen) atoms. The Morgan fingerprint density at radius 1 is 1.14 bits per heavy atom. The molecular weight excluding hydrogens is 502 g/mol. The van der Waals surface area contributed by atoms with Gasteiger partial charge in [0.1, 0.15) is 5.75 Å². The van der Waals surface area contributed by atoms with E-state index < -0.39 is 18.2 Å². The normalized spacial score (nSPS) is 19.5. The highest BCUT2D eigenvalue weighted by Gasteiger charge is 2.41. The van der Waals surface area contributed by atoms with Crippen molar-refractivity contribution in [2.24, 2.45) is 5.92 Å². The summed E-state index contributed by atoms with van der Waals surface area (Å²) in [7, 11) is -3.31. The van der Waals surface area contributed by atoms with Crippen LogP contribution in [-0.2, 0) is 25.5 Å². The standard InChI is InChI=1S/C29H43NO5SSi/c1-29(2,3)37(6,7)35-25-14-11-22(17-25)18-27(23-9-8-10-24(31)20-23)30(4)28(32)19-21-12-15-26(16-13-21)36(5,33)34/h8-10,12-13,15-16,20,22,25,27,31H,11,14,17-19H2,1-7H3/t22?,25-,27+/m1/s1. The maximum absolute atomic E-state index is 13.4. The van der Waals surface area contributed by atoms with Gasteiger partial charge >= 0.3 is 0 Å². The van der Waals surface area contributed by atoms with Crippen LogP contribution >= 0.6 is 0 Å². The molecule has 0 saturated heterocycles. The van der Waals surface area contributed by atoms with E-state index in [0.717, 1.165) is 36.8 Å². The van der Waals surface area contributed by atoms with Crippen LogP contribution in [0.4, 0.5) is 0 Å². The molecule has 1 fully saturated rings. The van der Waals surface area contributed by atoms with Gasteiger partial charge in [-0.1, -0.05) is 45.0 Å². The molecule has 0 bridgehead atoms. The van der Waals surface area contributed by atoms with Crippen LogP contribution in [0.5, 0.6) is 5.75 Å². The van der Waals surface area contributed by atoms with Crippen molar-refractivity contribution >= 4 is 24.1 Å². The fraction of sp³-hybridized carbons (Fsp3) is 0.552. The Labute approximate surface area is 224 Å².